The molecule has 28 heavy (non-hydrogen) atoms. The fourth-order valence-electron chi connectivity index (χ4n) is 3.10. The number of carbonyl (C=O) groups excluding carboxylic acids is 3. The van der Waals surface area contributed by atoms with Gasteiger partial charge in [-0.05, 0) is 38.3 Å². The third-order valence-electron chi connectivity index (χ3n) is 4.51. The van der Waals surface area contributed by atoms with Gasteiger partial charge in [0.25, 0.3) is 0 Å². The van der Waals surface area contributed by atoms with Crippen molar-refractivity contribution in [2.75, 3.05) is 18.9 Å². The standard InChI is InChI=1S/C20H22N2O4S2/c1-4-26-20(25)9-19-22(18(24)12-28-19)11-17(23)16-8-13(2)21(14(16)3)10-15-6-5-7-27-15/h5-9H,4,10-12H2,1-3H3/b19-9-. The van der Waals surface area contributed by atoms with Crippen LogP contribution in [0.3, 0.4) is 0 Å². The number of aromatic nitrogens is 1. The van der Waals surface area contributed by atoms with E-state index < -0.39 is 5.97 Å². The smallest absolute Gasteiger partial charge is 0.333 e. The Morgan fingerprint density at radius 1 is 1.32 bits per heavy atom. The maximum Gasteiger partial charge on any atom is 0.333 e. The normalized spacial score (nSPS) is 15.5. The number of aryl methyl sites for hydroxylation is 1. The van der Waals surface area contributed by atoms with E-state index in [9.17, 15) is 14.4 Å². The summed E-state index contributed by atoms with van der Waals surface area (Å²) in [5.41, 5.74) is 2.49. The number of rotatable bonds is 7. The van der Waals surface area contributed by atoms with E-state index in [-0.39, 0.29) is 30.6 Å². The molecular formula is C20H22N2O4S2. The van der Waals surface area contributed by atoms with Gasteiger partial charge in [0.1, 0.15) is 0 Å². The second-order valence-electron chi connectivity index (χ2n) is 6.38. The summed E-state index contributed by atoms with van der Waals surface area (Å²) in [5.74, 6) is -0.612. The number of hydrogen-bond acceptors (Lipinski definition) is 6. The van der Waals surface area contributed by atoms with Gasteiger partial charge >= 0.3 is 5.97 Å². The molecule has 2 aromatic rings. The largest absolute Gasteiger partial charge is 0.463 e. The number of nitrogens with zero attached hydrogens (tertiary/aromatic N) is 2. The number of ether oxygens (including phenoxy) is 1. The Morgan fingerprint density at radius 3 is 2.79 bits per heavy atom. The van der Waals surface area contributed by atoms with Crippen molar-refractivity contribution in [3.05, 3.63) is 56.5 Å². The molecule has 0 aromatic carbocycles. The van der Waals surface area contributed by atoms with Gasteiger partial charge in [0.05, 0.1) is 36.6 Å². The van der Waals surface area contributed by atoms with Crippen molar-refractivity contribution in [2.24, 2.45) is 0 Å². The van der Waals surface area contributed by atoms with Crippen molar-refractivity contribution >= 4 is 40.8 Å². The molecule has 1 fully saturated rings. The molecule has 2 aromatic heterocycles. The highest BCUT2D eigenvalue weighted by molar-refractivity contribution is 8.04. The molecule has 1 saturated heterocycles. The average molecular weight is 419 g/mol. The first-order chi connectivity index (χ1) is 13.4. The van der Waals surface area contributed by atoms with Crippen molar-refractivity contribution in [1.29, 1.82) is 0 Å². The lowest BCUT2D eigenvalue weighted by molar-refractivity contribution is -0.137. The number of carbonyl (C=O) groups is 3. The predicted octanol–water partition coefficient (Wildman–Crippen LogP) is 3.38. The van der Waals surface area contributed by atoms with Crippen LogP contribution in [0, 0.1) is 13.8 Å². The molecule has 1 aliphatic heterocycles. The molecule has 0 radical (unpaired) electrons. The van der Waals surface area contributed by atoms with E-state index >= 15 is 0 Å². The van der Waals surface area contributed by atoms with Gasteiger partial charge in [-0.3, -0.25) is 14.5 Å². The predicted molar refractivity (Wildman–Crippen MR) is 111 cm³/mol. The van der Waals surface area contributed by atoms with Crippen LogP contribution in [0.2, 0.25) is 0 Å². The Kier molecular flexibility index (Phi) is 6.41. The van der Waals surface area contributed by atoms with Crippen LogP contribution in [-0.4, -0.2) is 46.0 Å². The molecule has 148 valence electrons. The Morgan fingerprint density at radius 2 is 2.11 bits per heavy atom. The second kappa shape index (κ2) is 8.79. The summed E-state index contributed by atoms with van der Waals surface area (Å²) in [6, 6.07) is 5.94. The van der Waals surface area contributed by atoms with E-state index in [1.54, 1.807) is 18.3 Å². The number of ketones is 1. The van der Waals surface area contributed by atoms with E-state index in [0.717, 1.165) is 17.9 Å². The van der Waals surface area contributed by atoms with Crippen LogP contribution in [0.1, 0.15) is 33.5 Å². The molecule has 0 bridgehead atoms. The van der Waals surface area contributed by atoms with Crippen molar-refractivity contribution in [1.82, 2.24) is 9.47 Å². The number of thiophene rings is 1. The van der Waals surface area contributed by atoms with Gasteiger partial charge in [0, 0.05) is 21.8 Å². The first kappa shape index (κ1) is 20.4. The molecule has 3 rings (SSSR count). The van der Waals surface area contributed by atoms with Crippen molar-refractivity contribution in [3.8, 4) is 0 Å². The molecule has 0 N–H and O–H groups in total. The lowest BCUT2D eigenvalue weighted by Gasteiger charge is -2.16. The molecule has 0 atom stereocenters. The van der Waals surface area contributed by atoms with Gasteiger partial charge in [0.15, 0.2) is 5.78 Å². The van der Waals surface area contributed by atoms with Crippen LogP contribution >= 0.6 is 23.1 Å². The Balaban J connectivity index is 1.78. The molecule has 8 heteroatoms. The monoisotopic (exact) mass is 418 g/mol. The lowest BCUT2D eigenvalue weighted by Crippen LogP contribution is -2.31. The molecular weight excluding hydrogens is 396 g/mol. The molecule has 1 amide bonds. The van der Waals surface area contributed by atoms with Crippen LogP contribution in [0.4, 0.5) is 0 Å². The Labute approximate surface area is 172 Å². The highest BCUT2D eigenvalue weighted by atomic mass is 32.2. The Bertz CT molecular complexity index is 928. The number of thioether (sulfide) groups is 1. The fourth-order valence-corrected chi connectivity index (χ4v) is 4.72. The average Bonchev–Trinajstić information content (AvgIpc) is 3.34. The summed E-state index contributed by atoms with van der Waals surface area (Å²) in [5, 5.41) is 2.49. The SMILES string of the molecule is CCOC(=O)/C=C1\SCC(=O)N1CC(=O)c1cc(C)n(Cc2cccs2)c1C. The summed E-state index contributed by atoms with van der Waals surface area (Å²) in [4.78, 5) is 39.5. The molecule has 1 aliphatic rings. The van der Waals surface area contributed by atoms with Crippen LogP contribution in [-0.2, 0) is 20.9 Å². The Hall–Kier alpha value is -2.32. The third-order valence-corrected chi connectivity index (χ3v) is 6.39. The third kappa shape index (κ3) is 4.39. The number of Topliss-reactive ketones (excluding diaryl/α,β-unsaturated/α-hetero) is 1. The van der Waals surface area contributed by atoms with E-state index in [1.165, 1.54) is 27.6 Å². The molecule has 0 spiro atoms. The topological polar surface area (TPSA) is 68.6 Å². The number of esters is 1. The van der Waals surface area contributed by atoms with Crippen LogP contribution in [0.25, 0.3) is 0 Å². The number of amides is 1. The first-order valence-corrected chi connectivity index (χ1v) is 10.8. The molecule has 3 heterocycles. The molecule has 6 nitrogen and oxygen atoms in total. The summed E-state index contributed by atoms with van der Waals surface area (Å²) in [6.45, 7) is 6.51. The minimum absolute atomic E-state index is 0.0830. The summed E-state index contributed by atoms with van der Waals surface area (Å²) >= 11 is 2.92. The first-order valence-electron chi connectivity index (χ1n) is 8.94. The maximum atomic E-state index is 12.9. The van der Waals surface area contributed by atoms with E-state index in [4.69, 9.17) is 4.74 Å². The van der Waals surface area contributed by atoms with Gasteiger partial charge in [-0.25, -0.2) is 4.79 Å². The van der Waals surface area contributed by atoms with Gasteiger partial charge in [0.2, 0.25) is 5.91 Å². The summed E-state index contributed by atoms with van der Waals surface area (Å²) in [6.07, 6.45) is 1.28. The van der Waals surface area contributed by atoms with E-state index in [1.807, 2.05) is 31.4 Å². The fraction of sp³-hybridized carbons (Fsp3) is 0.350. The lowest BCUT2D eigenvalue weighted by atomic mass is 10.1. The molecule has 0 unspecified atom stereocenters. The summed E-state index contributed by atoms with van der Waals surface area (Å²) in [7, 11) is 0. The van der Waals surface area contributed by atoms with Crippen LogP contribution in [0.5, 0.6) is 0 Å². The second-order valence-corrected chi connectivity index (χ2v) is 8.40. The number of hydrogen-bond donors (Lipinski definition) is 0. The van der Waals surface area contributed by atoms with E-state index in [2.05, 4.69) is 10.6 Å². The minimum Gasteiger partial charge on any atom is -0.463 e. The molecule has 0 aliphatic carbocycles. The zero-order valence-corrected chi connectivity index (χ0v) is 17.7. The van der Waals surface area contributed by atoms with E-state index in [0.29, 0.717) is 10.6 Å². The quantitative estimate of drug-likeness (QED) is 0.392. The van der Waals surface area contributed by atoms with Crippen molar-refractivity contribution in [3.63, 3.8) is 0 Å². The highest BCUT2D eigenvalue weighted by Gasteiger charge is 2.30. The van der Waals surface area contributed by atoms with Gasteiger partial charge < -0.3 is 9.30 Å². The van der Waals surface area contributed by atoms with Gasteiger partial charge in [-0.2, -0.15) is 0 Å². The minimum atomic E-state index is -0.508. The maximum absolute atomic E-state index is 12.9. The van der Waals surface area contributed by atoms with Gasteiger partial charge in [-0.1, -0.05) is 17.8 Å². The summed E-state index contributed by atoms with van der Waals surface area (Å²) < 4.78 is 7.02. The van der Waals surface area contributed by atoms with Crippen molar-refractivity contribution < 1.29 is 19.1 Å². The van der Waals surface area contributed by atoms with Crippen LogP contribution in [0.15, 0.2) is 34.7 Å². The highest BCUT2D eigenvalue weighted by Crippen LogP contribution is 2.29. The zero-order chi connectivity index (χ0) is 20.3. The van der Waals surface area contributed by atoms with Crippen LogP contribution < -0.4 is 0 Å². The van der Waals surface area contributed by atoms with Crippen molar-refractivity contribution in [2.45, 2.75) is 27.3 Å². The zero-order valence-electron chi connectivity index (χ0n) is 16.1. The molecule has 0 saturated carbocycles. The van der Waals surface area contributed by atoms with Gasteiger partial charge in [-0.15, -0.1) is 11.3 Å².